The smallest absolute Gasteiger partial charge is 0.416 e. The van der Waals surface area contributed by atoms with Crippen molar-refractivity contribution in [3.63, 3.8) is 0 Å². The maximum absolute atomic E-state index is 12.7. The van der Waals surface area contributed by atoms with Crippen LogP contribution in [0.2, 0.25) is 0 Å². The molecule has 0 unspecified atom stereocenters. The minimum absolute atomic E-state index is 0.0526. The van der Waals surface area contributed by atoms with Crippen molar-refractivity contribution in [1.29, 1.82) is 0 Å². The molecule has 3 aromatic rings. The normalized spacial score (nSPS) is 11.9. The Labute approximate surface area is 193 Å². The monoisotopic (exact) mass is 476 g/mol. The van der Waals surface area contributed by atoms with Crippen LogP contribution in [0.4, 0.5) is 13.2 Å². The Kier molecular flexibility index (Phi) is 6.97. The Balaban J connectivity index is 1.63. The third-order valence-corrected chi connectivity index (χ3v) is 6.31. The molecule has 3 rings (SSSR count). The molecule has 33 heavy (non-hydrogen) atoms. The average molecular weight is 477 g/mol. The fourth-order valence-electron chi connectivity index (χ4n) is 3.15. The lowest BCUT2D eigenvalue weighted by Gasteiger charge is -2.23. The van der Waals surface area contributed by atoms with Gasteiger partial charge in [0.2, 0.25) is 0 Å². The van der Waals surface area contributed by atoms with Crippen molar-refractivity contribution in [1.82, 2.24) is 0 Å². The van der Waals surface area contributed by atoms with Gasteiger partial charge in [0.15, 0.2) is 11.4 Å². The number of ketones is 1. The van der Waals surface area contributed by atoms with E-state index >= 15 is 0 Å². The molecular formula is C25H23F3O4S. The first-order valence-electron chi connectivity index (χ1n) is 10.2. The number of alkyl halides is 3. The fraction of sp³-hybridized carbons (Fsp3) is 0.280. The van der Waals surface area contributed by atoms with Gasteiger partial charge in [0.05, 0.1) is 10.4 Å². The van der Waals surface area contributed by atoms with Crippen LogP contribution in [0.25, 0.3) is 10.4 Å². The van der Waals surface area contributed by atoms with Crippen molar-refractivity contribution >= 4 is 23.1 Å². The van der Waals surface area contributed by atoms with Crippen LogP contribution in [0.3, 0.4) is 0 Å². The molecule has 1 heterocycles. The van der Waals surface area contributed by atoms with E-state index in [9.17, 15) is 27.9 Å². The SMILES string of the molecule is Cc1cc(CCC(=O)c2ccc(-c3ccc(C(F)(F)F)cc3)s2)ccc1OC(C)(C)C(=O)O. The molecule has 0 spiro atoms. The minimum Gasteiger partial charge on any atom is -0.478 e. The summed E-state index contributed by atoms with van der Waals surface area (Å²) in [6, 6.07) is 13.7. The van der Waals surface area contributed by atoms with Crippen LogP contribution < -0.4 is 4.74 Å². The molecule has 0 saturated heterocycles. The van der Waals surface area contributed by atoms with Gasteiger partial charge >= 0.3 is 12.1 Å². The van der Waals surface area contributed by atoms with Crippen molar-refractivity contribution in [2.75, 3.05) is 0 Å². The van der Waals surface area contributed by atoms with Gasteiger partial charge in [-0.25, -0.2) is 4.79 Å². The number of carboxylic acids is 1. The van der Waals surface area contributed by atoms with Crippen LogP contribution in [0, 0.1) is 6.92 Å². The quantitative estimate of drug-likeness (QED) is 0.363. The van der Waals surface area contributed by atoms with E-state index in [1.54, 1.807) is 24.3 Å². The lowest BCUT2D eigenvalue weighted by molar-refractivity contribution is -0.152. The van der Waals surface area contributed by atoms with Gasteiger partial charge in [-0.1, -0.05) is 24.3 Å². The molecule has 0 amide bonds. The zero-order valence-electron chi connectivity index (χ0n) is 18.3. The molecule has 0 fully saturated rings. The summed E-state index contributed by atoms with van der Waals surface area (Å²) in [6.45, 7) is 4.76. The molecule has 4 nitrogen and oxygen atoms in total. The van der Waals surface area contributed by atoms with E-state index in [2.05, 4.69) is 0 Å². The molecule has 0 aliphatic heterocycles. The first kappa shape index (κ1) is 24.5. The molecule has 0 aliphatic rings. The molecule has 0 radical (unpaired) electrons. The molecule has 0 atom stereocenters. The summed E-state index contributed by atoms with van der Waals surface area (Å²) in [5, 5.41) is 9.21. The van der Waals surface area contributed by atoms with Crippen molar-refractivity contribution in [3.8, 4) is 16.2 Å². The molecule has 174 valence electrons. The third-order valence-electron chi connectivity index (χ3n) is 5.14. The number of carboxylic acid groups (broad SMARTS) is 1. The van der Waals surface area contributed by atoms with E-state index in [0.717, 1.165) is 28.1 Å². The topological polar surface area (TPSA) is 63.6 Å². The lowest BCUT2D eigenvalue weighted by atomic mass is 10.0. The maximum Gasteiger partial charge on any atom is 0.416 e. The Morgan fingerprint density at radius 1 is 1.00 bits per heavy atom. The molecule has 2 aromatic carbocycles. The van der Waals surface area contributed by atoms with Crippen LogP contribution in [0.1, 0.15) is 46.6 Å². The maximum atomic E-state index is 12.7. The number of hydrogen-bond donors (Lipinski definition) is 1. The van der Waals surface area contributed by atoms with E-state index in [0.29, 0.717) is 22.6 Å². The largest absolute Gasteiger partial charge is 0.478 e. The standard InChI is InChI=1S/C25H23F3O4S/c1-15-14-16(5-11-20(15)32-24(2,3)23(30)31)4-10-19(29)22-13-12-21(33-22)17-6-8-18(9-7-17)25(26,27)28/h5-9,11-14H,4,10H2,1-3H3,(H,30,31). The summed E-state index contributed by atoms with van der Waals surface area (Å²) in [4.78, 5) is 25.2. The van der Waals surface area contributed by atoms with Gasteiger partial charge in [-0.05, 0) is 74.2 Å². The predicted octanol–water partition coefficient (Wildman–Crippen LogP) is 6.80. The Morgan fingerprint density at radius 2 is 1.67 bits per heavy atom. The van der Waals surface area contributed by atoms with E-state index in [-0.39, 0.29) is 12.2 Å². The summed E-state index contributed by atoms with van der Waals surface area (Å²) in [7, 11) is 0. The average Bonchev–Trinajstić information content (AvgIpc) is 3.23. The van der Waals surface area contributed by atoms with Gasteiger partial charge in [-0.2, -0.15) is 13.2 Å². The number of aryl methyl sites for hydroxylation is 2. The van der Waals surface area contributed by atoms with Crippen molar-refractivity contribution in [3.05, 3.63) is 76.2 Å². The summed E-state index contributed by atoms with van der Waals surface area (Å²) in [6.07, 6.45) is -3.62. The number of aliphatic carboxylic acids is 1. The number of carbonyl (C=O) groups is 2. The fourth-order valence-corrected chi connectivity index (χ4v) is 4.13. The Hall–Kier alpha value is -3.13. The number of Topliss-reactive ketones (excluding diaryl/α,β-unsaturated/α-hetero) is 1. The molecule has 0 bridgehead atoms. The highest BCUT2D eigenvalue weighted by Crippen LogP contribution is 2.33. The molecule has 8 heteroatoms. The second-order valence-corrected chi connectivity index (χ2v) is 9.26. The first-order chi connectivity index (χ1) is 15.4. The van der Waals surface area contributed by atoms with E-state index in [4.69, 9.17) is 4.74 Å². The van der Waals surface area contributed by atoms with Crippen LogP contribution in [-0.2, 0) is 17.4 Å². The molecule has 1 aromatic heterocycles. The highest BCUT2D eigenvalue weighted by molar-refractivity contribution is 7.17. The second kappa shape index (κ2) is 9.39. The van der Waals surface area contributed by atoms with Crippen LogP contribution >= 0.6 is 11.3 Å². The van der Waals surface area contributed by atoms with Gasteiger partial charge in [0.25, 0.3) is 0 Å². The molecule has 0 saturated carbocycles. The molecular weight excluding hydrogens is 453 g/mol. The molecule has 1 N–H and O–H groups in total. The zero-order chi connectivity index (χ0) is 24.4. The van der Waals surface area contributed by atoms with Crippen molar-refractivity contribution in [2.24, 2.45) is 0 Å². The van der Waals surface area contributed by atoms with Crippen LogP contribution in [-0.4, -0.2) is 22.5 Å². The molecule has 0 aliphatic carbocycles. The van der Waals surface area contributed by atoms with Crippen molar-refractivity contribution < 1.29 is 32.6 Å². The second-order valence-electron chi connectivity index (χ2n) is 8.18. The summed E-state index contributed by atoms with van der Waals surface area (Å²) < 4.78 is 43.8. The number of rotatable bonds is 8. The summed E-state index contributed by atoms with van der Waals surface area (Å²) >= 11 is 1.25. The number of thiophene rings is 1. The van der Waals surface area contributed by atoms with Gasteiger partial charge < -0.3 is 9.84 Å². The summed E-state index contributed by atoms with van der Waals surface area (Å²) in [5.41, 5.74) is 0.252. The summed E-state index contributed by atoms with van der Waals surface area (Å²) in [5.74, 6) is -0.650. The lowest BCUT2D eigenvalue weighted by Crippen LogP contribution is -2.38. The first-order valence-corrected chi connectivity index (χ1v) is 11.0. The van der Waals surface area contributed by atoms with E-state index in [1.165, 1.54) is 37.3 Å². The van der Waals surface area contributed by atoms with Gasteiger partial charge in [0.1, 0.15) is 5.75 Å². The Bertz CT molecular complexity index is 1160. The van der Waals surface area contributed by atoms with Gasteiger partial charge in [-0.3, -0.25) is 4.79 Å². The zero-order valence-corrected chi connectivity index (χ0v) is 19.1. The van der Waals surface area contributed by atoms with Crippen LogP contribution in [0.15, 0.2) is 54.6 Å². The minimum atomic E-state index is -4.38. The number of ether oxygens (including phenoxy) is 1. The highest BCUT2D eigenvalue weighted by atomic mass is 32.1. The predicted molar refractivity (Wildman–Crippen MR) is 121 cm³/mol. The van der Waals surface area contributed by atoms with Gasteiger partial charge in [0, 0.05) is 11.3 Å². The number of halogens is 3. The van der Waals surface area contributed by atoms with E-state index in [1.807, 2.05) is 13.0 Å². The van der Waals surface area contributed by atoms with E-state index < -0.39 is 23.3 Å². The third kappa shape index (κ3) is 6.01. The van der Waals surface area contributed by atoms with Crippen LogP contribution in [0.5, 0.6) is 5.75 Å². The van der Waals surface area contributed by atoms with Crippen molar-refractivity contribution in [2.45, 2.75) is 45.4 Å². The van der Waals surface area contributed by atoms with Gasteiger partial charge in [-0.15, -0.1) is 11.3 Å². The number of benzene rings is 2. The Morgan fingerprint density at radius 3 is 2.24 bits per heavy atom. The number of carbonyl (C=O) groups excluding carboxylic acids is 1. The highest BCUT2D eigenvalue weighted by Gasteiger charge is 2.30. The number of hydrogen-bond acceptors (Lipinski definition) is 4.